The van der Waals surface area contributed by atoms with Gasteiger partial charge in [-0.1, -0.05) is 12.5 Å². The van der Waals surface area contributed by atoms with E-state index in [1.165, 1.54) is 24.8 Å². The average molecular weight is 347 g/mol. The molecular formula is C18H25N3O4. The molecule has 0 atom stereocenters. The molecule has 1 aliphatic rings. The lowest BCUT2D eigenvalue weighted by Crippen LogP contribution is -2.29. The molecule has 1 fully saturated rings. The van der Waals surface area contributed by atoms with Crippen LogP contribution in [0.3, 0.4) is 0 Å². The van der Waals surface area contributed by atoms with Crippen LogP contribution in [0.4, 0.5) is 0 Å². The van der Waals surface area contributed by atoms with Crippen LogP contribution in [0.2, 0.25) is 0 Å². The van der Waals surface area contributed by atoms with E-state index in [1.807, 2.05) is 12.1 Å². The van der Waals surface area contributed by atoms with Gasteiger partial charge in [-0.15, -0.1) is 0 Å². The number of rotatable bonds is 9. The first kappa shape index (κ1) is 18.9. The zero-order valence-electron chi connectivity index (χ0n) is 14.3. The summed E-state index contributed by atoms with van der Waals surface area (Å²) in [7, 11) is 0. The number of piperidine rings is 1. The molecule has 0 bridgehead atoms. The lowest BCUT2D eigenvalue weighted by molar-refractivity contribution is -0.140. The molecule has 0 spiro atoms. The van der Waals surface area contributed by atoms with E-state index in [-0.39, 0.29) is 6.54 Å². The largest absolute Gasteiger partial charge is 0.481 e. The average Bonchev–Trinajstić information content (AvgIpc) is 2.58. The molecule has 1 aliphatic heterocycles. The van der Waals surface area contributed by atoms with Gasteiger partial charge in [0.05, 0.1) is 0 Å². The monoisotopic (exact) mass is 347 g/mol. The molecule has 25 heavy (non-hydrogen) atoms. The molecule has 7 nitrogen and oxygen atoms in total. The first-order valence-corrected chi connectivity index (χ1v) is 8.57. The zero-order chi connectivity index (χ0) is 17.9. The van der Waals surface area contributed by atoms with Crippen LogP contribution in [-0.4, -0.2) is 53.1 Å². The standard InChI is InChI=1S/C18H25N3O4/c22-16(13-18(23)24)19-7-2-5-11-25-17-12-15(6-8-20-17)14-21-9-3-1-4-10-21/h2,5-6,8,12H,1,3-4,7,9-11,13-14H2,(H,19,22)(H,23,24)/b5-2-. The van der Waals surface area contributed by atoms with Gasteiger partial charge in [0.25, 0.3) is 0 Å². The number of aromatic nitrogens is 1. The van der Waals surface area contributed by atoms with E-state index < -0.39 is 18.3 Å². The van der Waals surface area contributed by atoms with Crippen LogP contribution in [0.25, 0.3) is 0 Å². The highest BCUT2D eigenvalue weighted by molar-refractivity contribution is 5.93. The first-order valence-electron chi connectivity index (χ1n) is 8.57. The number of carboxylic acid groups (broad SMARTS) is 1. The van der Waals surface area contributed by atoms with Crippen LogP contribution in [0.5, 0.6) is 5.88 Å². The summed E-state index contributed by atoms with van der Waals surface area (Å²) < 4.78 is 5.58. The number of carboxylic acids is 1. The molecule has 0 unspecified atom stereocenters. The van der Waals surface area contributed by atoms with Gasteiger partial charge in [-0.25, -0.2) is 4.98 Å². The maximum atomic E-state index is 11.1. The predicted molar refractivity (Wildman–Crippen MR) is 93.3 cm³/mol. The number of nitrogens with one attached hydrogen (secondary N) is 1. The van der Waals surface area contributed by atoms with Gasteiger partial charge >= 0.3 is 5.97 Å². The first-order chi connectivity index (χ1) is 12.1. The molecule has 1 amide bonds. The number of pyridine rings is 1. The summed E-state index contributed by atoms with van der Waals surface area (Å²) in [6.45, 7) is 3.83. The van der Waals surface area contributed by atoms with E-state index in [0.717, 1.165) is 19.6 Å². The molecule has 2 N–H and O–H groups in total. The van der Waals surface area contributed by atoms with E-state index >= 15 is 0 Å². The highest BCUT2D eigenvalue weighted by Gasteiger charge is 2.10. The second kappa shape index (κ2) is 10.5. The molecule has 1 saturated heterocycles. The maximum absolute atomic E-state index is 11.1. The molecule has 1 aromatic rings. The van der Waals surface area contributed by atoms with E-state index in [0.29, 0.717) is 12.5 Å². The van der Waals surface area contributed by atoms with Crippen LogP contribution in [-0.2, 0) is 16.1 Å². The minimum atomic E-state index is -1.14. The van der Waals surface area contributed by atoms with Crippen LogP contribution in [0.15, 0.2) is 30.5 Å². The number of ether oxygens (including phenoxy) is 1. The van der Waals surface area contributed by atoms with Gasteiger partial charge in [0.2, 0.25) is 11.8 Å². The van der Waals surface area contributed by atoms with E-state index in [9.17, 15) is 9.59 Å². The van der Waals surface area contributed by atoms with Crippen molar-refractivity contribution in [2.24, 2.45) is 0 Å². The Bertz CT molecular complexity index is 598. The van der Waals surface area contributed by atoms with E-state index in [2.05, 4.69) is 15.2 Å². The highest BCUT2D eigenvalue weighted by Crippen LogP contribution is 2.15. The van der Waals surface area contributed by atoms with Gasteiger partial charge in [-0.3, -0.25) is 14.5 Å². The minimum absolute atomic E-state index is 0.276. The lowest BCUT2D eigenvalue weighted by atomic mass is 10.1. The third-order valence-electron chi connectivity index (χ3n) is 3.88. The molecule has 1 aromatic heterocycles. The Labute approximate surface area is 147 Å². The number of hydrogen-bond acceptors (Lipinski definition) is 5. The molecule has 136 valence electrons. The van der Waals surface area contributed by atoms with Crippen molar-refractivity contribution in [3.8, 4) is 5.88 Å². The van der Waals surface area contributed by atoms with Crippen molar-refractivity contribution in [1.29, 1.82) is 0 Å². The number of aliphatic carboxylic acids is 1. The number of likely N-dealkylation sites (tertiary alicyclic amines) is 1. The fraction of sp³-hybridized carbons (Fsp3) is 0.500. The summed E-state index contributed by atoms with van der Waals surface area (Å²) in [5.41, 5.74) is 1.19. The Morgan fingerprint density at radius 2 is 2.08 bits per heavy atom. The quantitative estimate of drug-likeness (QED) is 0.521. The number of amides is 1. The van der Waals surface area contributed by atoms with Crippen molar-refractivity contribution in [3.63, 3.8) is 0 Å². The summed E-state index contributed by atoms with van der Waals surface area (Å²) in [4.78, 5) is 28.1. The normalized spacial score (nSPS) is 15.2. The molecule has 0 aliphatic carbocycles. The van der Waals surface area contributed by atoms with Gasteiger partial charge in [-0.2, -0.15) is 0 Å². The third-order valence-corrected chi connectivity index (χ3v) is 3.88. The third kappa shape index (κ3) is 7.80. The summed E-state index contributed by atoms with van der Waals surface area (Å²) in [5.74, 6) is -1.07. The van der Waals surface area contributed by atoms with Gasteiger partial charge in [0, 0.05) is 25.4 Å². The van der Waals surface area contributed by atoms with E-state index in [4.69, 9.17) is 9.84 Å². The van der Waals surface area contributed by atoms with Crippen molar-refractivity contribution in [1.82, 2.24) is 15.2 Å². The summed E-state index contributed by atoms with van der Waals surface area (Å²) in [5, 5.41) is 11.0. The summed E-state index contributed by atoms with van der Waals surface area (Å²) >= 11 is 0. The maximum Gasteiger partial charge on any atom is 0.312 e. The summed E-state index contributed by atoms with van der Waals surface area (Å²) in [6, 6.07) is 3.96. The number of hydrogen-bond donors (Lipinski definition) is 2. The van der Waals surface area contributed by atoms with Crippen LogP contribution in [0.1, 0.15) is 31.2 Å². The number of carbonyl (C=O) groups is 2. The number of nitrogens with zero attached hydrogens (tertiary/aromatic N) is 2. The Kier molecular flexibility index (Phi) is 7.91. The Morgan fingerprint density at radius 1 is 1.28 bits per heavy atom. The van der Waals surface area contributed by atoms with Crippen molar-refractivity contribution in [3.05, 3.63) is 36.0 Å². The van der Waals surface area contributed by atoms with Crippen LogP contribution >= 0.6 is 0 Å². The smallest absolute Gasteiger partial charge is 0.312 e. The molecule has 0 aromatic carbocycles. The van der Waals surface area contributed by atoms with Crippen molar-refractivity contribution >= 4 is 11.9 Å². The predicted octanol–water partition coefficient (Wildman–Crippen LogP) is 1.59. The molecule has 7 heteroatoms. The van der Waals surface area contributed by atoms with Crippen molar-refractivity contribution in [2.75, 3.05) is 26.2 Å². The van der Waals surface area contributed by atoms with Crippen molar-refractivity contribution in [2.45, 2.75) is 32.2 Å². The molecule has 0 saturated carbocycles. The summed E-state index contributed by atoms with van der Waals surface area (Å²) in [6.07, 6.45) is 8.58. The van der Waals surface area contributed by atoms with Gasteiger partial charge < -0.3 is 15.2 Å². The molecule has 0 radical (unpaired) electrons. The van der Waals surface area contributed by atoms with Crippen molar-refractivity contribution < 1.29 is 19.4 Å². The second-order valence-corrected chi connectivity index (χ2v) is 6.00. The fourth-order valence-corrected chi connectivity index (χ4v) is 2.66. The Balaban J connectivity index is 1.68. The molecular weight excluding hydrogens is 322 g/mol. The second-order valence-electron chi connectivity index (χ2n) is 6.00. The molecule has 2 rings (SSSR count). The Morgan fingerprint density at radius 3 is 2.84 bits per heavy atom. The van der Waals surface area contributed by atoms with E-state index in [1.54, 1.807) is 18.3 Å². The fourth-order valence-electron chi connectivity index (χ4n) is 2.66. The zero-order valence-corrected chi connectivity index (χ0v) is 14.3. The Hall–Kier alpha value is -2.41. The SMILES string of the molecule is O=C(O)CC(=O)NC/C=C\COc1cc(CN2CCCCC2)ccn1. The van der Waals surface area contributed by atoms with Gasteiger partial charge in [0.15, 0.2) is 0 Å². The molecule has 2 heterocycles. The van der Waals surface area contributed by atoms with Crippen LogP contribution < -0.4 is 10.1 Å². The topological polar surface area (TPSA) is 91.8 Å². The van der Waals surface area contributed by atoms with Gasteiger partial charge in [0.1, 0.15) is 13.0 Å². The van der Waals surface area contributed by atoms with Gasteiger partial charge in [-0.05, 0) is 43.6 Å². The number of carbonyl (C=O) groups excluding carboxylic acids is 1. The lowest BCUT2D eigenvalue weighted by Gasteiger charge is -2.26. The van der Waals surface area contributed by atoms with Crippen LogP contribution in [0, 0.1) is 0 Å². The minimum Gasteiger partial charge on any atom is -0.481 e. The highest BCUT2D eigenvalue weighted by atomic mass is 16.5.